The summed E-state index contributed by atoms with van der Waals surface area (Å²) in [5, 5.41) is 10.6. The molecule has 1 fully saturated rings. The molecule has 0 aromatic heterocycles. The number of aliphatic hydroxyl groups is 1. The number of hydrogen-bond donors (Lipinski definition) is 1. The minimum atomic E-state index is -0.834. The fourth-order valence-electron chi connectivity index (χ4n) is 3.10. The van der Waals surface area contributed by atoms with Gasteiger partial charge in [0.1, 0.15) is 5.82 Å². The van der Waals surface area contributed by atoms with Crippen LogP contribution in [0, 0.1) is 17.7 Å². The lowest BCUT2D eigenvalue weighted by molar-refractivity contribution is -0.0364. The van der Waals surface area contributed by atoms with E-state index in [-0.39, 0.29) is 5.82 Å². The molecular formula is C14H19FO. The summed E-state index contributed by atoms with van der Waals surface area (Å²) in [4.78, 5) is 0. The van der Waals surface area contributed by atoms with E-state index >= 15 is 0 Å². The van der Waals surface area contributed by atoms with E-state index in [4.69, 9.17) is 0 Å². The normalized spacial score (nSPS) is 35.0. The Kier molecular flexibility index (Phi) is 3.02. The van der Waals surface area contributed by atoms with Crippen LogP contribution in [0.4, 0.5) is 4.39 Å². The Bertz CT molecular complexity index is 365. The van der Waals surface area contributed by atoms with E-state index in [0.29, 0.717) is 11.8 Å². The van der Waals surface area contributed by atoms with Crippen molar-refractivity contribution in [2.75, 3.05) is 0 Å². The number of benzene rings is 1. The highest BCUT2D eigenvalue weighted by molar-refractivity contribution is 5.24. The molecule has 0 amide bonds. The topological polar surface area (TPSA) is 20.2 Å². The number of rotatable bonds is 1. The Morgan fingerprint density at radius 3 is 2.44 bits per heavy atom. The van der Waals surface area contributed by atoms with Gasteiger partial charge in [-0.3, -0.25) is 0 Å². The largest absolute Gasteiger partial charge is 0.385 e. The molecule has 1 N–H and O–H groups in total. The van der Waals surface area contributed by atoms with E-state index < -0.39 is 5.60 Å². The molecule has 0 bridgehead atoms. The lowest BCUT2D eigenvalue weighted by Gasteiger charge is -2.39. The molecule has 1 aliphatic carbocycles. The first-order valence-electron chi connectivity index (χ1n) is 5.98. The predicted octanol–water partition coefficient (Wildman–Crippen LogP) is 3.47. The van der Waals surface area contributed by atoms with Crippen LogP contribution >= 0.6 is 0 Å². The van der Waals surface area contributed by atoms with E-state index in [2.05, 4.69) is 13.8 Å². The van der Waals surface area contributed by atoms with Crippen molar-refractivity contribution in [2.24, 2.45) is 11.8 Å². The second-order valence-electron chi connectivity index (χ2n) is 5.40. The van der Waals surface area contributed by atoms with Crippen LogP contribution in [0.3, 0.4) is 0 Å². The van der Waals surface area contributed by atoms with Crippen molar-refractivity contribution in [3.63, 3.8) is 0 Å². The van der Waals surface area contributed by atoms with Crippen LogP contribution in [0.5, 0.6) is 0 Å². The van der Waals surface area contributed by atoms with Gasteiger partial charge >= 0.3 is 0 Å². The van der Waals surface area contributed by atoms with Gasteiger partial charge in [-0.15, -0.1) is 0 Å². The summed E-state index contributed by atoms with van der Waals surface area (Å²) in [7, 11) is 0. The standard InChI is InChI=1S/C14H19FO/c1-10-6-11(2)9-14(16,8-10)12-4-3-5-13(15)7-12/h3-5,7,10-11,16H,6,8-9H2,1-2H3. The van der Waals surface area contributed by atoms with E-state index in [1.165, 1.54) is 12.1 Å². The summed E-state index contributed by atoms with van der Waals surface area (Å²) in [6.45, 7) is 4.31. The van der Waals surface area contributed by atoms with Crippen molar-refractivity contribution in [3.8, 4) is 0 Å². The maximum Gasteiger partial charge on any atom is 0.123 e. The first-order chi connectivity index (χ1) is 7.49. The minimum absolute atomic E-state index is 0.267. The molecule has 88 valence electrons. The van der Waals surface area contributed by atoms with Gasteiger partial charge in [0.15, 0.2) is 0 Å². The third kappa shape index (κ3) is 2.27. The third-order valence-electron chi connectivity index (χ3n) is 3.54. The smallest absolute Gasteiger partial charge is 0.123 e. The Hall–Kier alpha value is -0.890. The summed E-state index contributed by atoms with van der Waals surface area (Å²) >= 11 is 0. The molecule has 2 heteroatoms. The first-order valence-corrected chi connectivity index (χ1v) is 5.98. The average Bonchev–Trinajstić information content (AvgIpc) is 2.15. The van der Waals surface area contributed by atoms with Gasteiger partial charge in [-0.25, -0.2) is 4.39 Å². The molecule has 1 aromatic carbocycles. The van der Waals surface area contributed by atoms with Crippen LogP contribution in [-0.4, -0.2) is 5.11 Å². The monoisotopic (exact) mass is 222 g/mol. The minimum Gasteiger partial charge on any atom is -0.385 e. The quantitative estimate of drug-likeness (QED) is 0.771. The van der Waals surface area contributed by atoms with Gasteiger partial charge in [0.25, 0.3) is 0 Å². The number of halogens is 1. The summed E-state index contributed by atoms with van der Waals surface area (Å²) in [6.07, 6.45) is 2.62. The highest BCUT2D eigenvalue weighted by Crippen LogP contribution is 2.42. The zero-order valence-electron chi connectivity index (χ0n) is 9.91. The summed E-state index contributed by atoms with van der Waals surface area (Å²) in [6, 6.07) is 6.38. The first kappa shape index (κ1) is 11.6. The van der Waals surface area contributed by atoms with Crippen LogP contribution in [0.15, 0.2) is 24.3 Å². The van der Waals surface area contributed by atoms with Gasteiger partial charge in [-0.1, -0.05) is 26.0 Å². The van der Waals surface area contributed by atoms with Crippen molar-refractivity contribution in [2.45, 2.75) is 38.7 Å². The van der Waals surface area contributed by atoms with Gasteiger partial charge in [-0.05, 0) is 48.8 Å². The zero-order chi connectivity index (χ0) is 11.8. The third-order valence-corrected chi connectivity index (χ3v) is 3.54. The van der Waals surface area contributed by atoms with E-state index in [0.717, 1.165) is 24.8 Å². The SMILES string of the molecule is CC1CC(C)CC(O)(c2cccc(F)c2)C1. The fourth-order valence-corrected chi connectivity index (χ4v) is 3.10. The molecular weight excluding hydrogens is 203 g/mol. The maximum atomic E-state index is 13.2. The molecule has 0 heterocycles. The van der Waals surface area contributed by atoms with Gasteiger partial charge < -0.3 is 5.11 Å². The molecule has 16 heavy (non-hydrogen) atoms. The van der Waals surface area contributed by atoms with E-state index in [9.17, 15) is 9.50 Å². The van der Waals surface area contributed by atoms with Crippen LogP contribution in [0.25, 0.3) is 0 Å². The van der Waals surface area contributed by atoms with Crippen LogP contribution in [0.1, 0.15) is 38.7 Å². The Morgan fingerprint density at radius 2 is 1.88 bits per heavy atom. The highest BCUT2D eigenvalue weighted by atomic mass is 19.1. The lowest BCUT2D eigenvalue weighted by atomic mass is 9.71. The predicted molar refractivity (Wildman–Crippen MR) is 62.5 cm³/mol. The molecule has 0 spiro atoms. The summed E-state index contributed by atoms with van der Waals surface area (Å²) in [5.41, 5.74) is -0.106. The molecule has 2 atom stereocenters. The molecule has 1 aromatic rings. The molecule has 2 unspecified atom stereocenters. The Balaban J connectivity index is 2.30. The fraction of sp³-hybridized carbons (Fsp3) is 0.571. The Labute approximate surface area is 96.3 Å². The molecule has 1 nitrogen and oxygen atoms in total. The summed E-state index contributed by atoms with van der Waals surface area (Å²) in [5.74, 6) is 0.728. The van der Waals surface area contributed by atoms with E-state index in [1.54, 1.807) is 6.07 Å². The number of hydrogen-bond acceptors (Lipinski definition) is 1. The molecule has 0 saturated heterocycles. The van der Waals surface area contributed by atoms with Crippen LogP contribution in [-0.2, 0) is 5.60 Å². The van der Waals surface area contributed by atoms with Crippen molar-refractivity contribution in [3.05, 3.63) is 35.6 Å². The second kappa shape index (κ2) is 4.17. The molecule has 0 aliphatic heterocycles. The molecule has 1 aliphatic rings. The lowest BCUT2D eigenvalue weighted by Crippen LogP contribution is -2.35. The van der Waals surface area contributed by atoms with Gasteiger partial charge in [0, 0.05) is 0 Å². The van der Waals surface area contributed by atoms with Crippen molar-refractivity contribution < 1.29 is 9.50 Å². The van der Waals surface area contributed by atoms with Crippen LogP contribution < -0.4 is 0 Å². The highest BCUT2D eigenvalue weighted by Gasteiger charge is 2.37. The van der Waals surface area contributed by atoms with Crippen molar-refractivity contribution in [1.29, 1.82) is 0 Å². The Morgan fingerprint density at radius 1 is 1.25 bits per heavy atom. The molecule has 0 radical (unpaired) electrons. The van der Waals surface area contributed by atoms with Crippen LogP contribution in [0.2, 0.25) is 0 Å². The maximum absolute atomic E-state index is 13.2. The second-order valence-corrected chi connectivity index (χ2v) is 5.40. The van der Waals surface area contributed by atoms with Crippen molar-refractivity contribution >= 4 is 0 Å². The van der Waals surface area contributed by atoms with E-state index in [1.807, 2.05) is 6.07 Å². The summed E-state index contributed by atoms with van der Waals surface area (Å²) < 4.78 is 13.2. The molecule has 1 saturated carbocycles. The average molecular weight is 222 g/mol. The zero-order valence-corrected chi connectivity index (χ0v) is 9.91. The van der Waals surface area contributed by atoms with Gasteiger partial charge in [0.2, 0.25) is 0 Å². The van der Waals surface area contributed by atoms with Gasteiger partial charge in [-0.2, -0.15) is 0 Å². The van der Waals surface area contributed by atoms with Gasteiger partial charge in [0.05, 0.1) is 5.60 Å². The molecule has 2 rings (SSSR count). The van der Waals surface area contributed by atoms with Crippen molar-refractivity contribution in [1.82, 2.24) is 0 Å².